The highest BCUT2D eigenvalue weighted by molar-refractivity contribution is 7.99. The smallest absolute Gasteiger partial charge is 0.234 e. The molecule has 0 radical (unpaired) electrons. The van der Waals surface area contributed by atoms with Gasteiger partial charge in [-0.2, -0.15) is 0 Å². The molecular weight excluding hydrogens is 415 g/mol. The maximum absolute atomic E-state index is 13.6. The molecule has 1 N–H and O–H groups in total. The van der Waals surface area contributed by atoms with Crippen molar-refractivity contribution in [3.63, 3.8) is 0 Å². The standard InChI is InChI=1S/C20H20ClFN4O2S/c1-12-15(22)8-6-9-16(12)23-18(27)11-29-20-25-24-19(26(20)3)13(2)28-17-10-5-4-7-14(17)21/h4-10,13H,11H2,1-3H3,(H,23,27)/t13-/m0/s1. The van der Waals surface area contributed by atoms with Gasteiger partial charge in [-0.25, -0.2) is 4.39 Å². The number of hydrogen-bond donors (Lipinski definition) is 1. The molecule has 0 aliphatic rings. The molecule has 0 saturated heterocycles. The molecule has 0 aliphatic heterocycles. The Morgan fingerprint density at radius 1 is 1.28 bits per heavy atom. The molecule has 1 aromatic heterocycles. The van der Waals surface area contributed by atoms with Crippen molar-refractivity contribution in [1.82, 2.24) is 14.8 Å². The van der Waals surface area contributed by atoms with Gasteiger partial charge in [0.05, 0.1) is 10.8 Å². The average Bonchev–Trinajstić information content (AvgIpc) is 3.06. The van der Waals surface area contributed by atoms with Crippen LogP contribution in [0.15, 0.2) is 47.6 Å². The summed E-state index contributed by atoms with van der Waals surface area (Å²) in [5.74, 6) is 0.661. The third kappa shape index (κ3) is 5.07. The quantitative estimate of drug-likeness (QED) is 0.541. The van der Waals surface area contributed by atoms with E-state index in [1.165, 1.54) is 17.8 Å². The van der Waals surface area contributed by atoms with E-state index in [-0.39, 0.29) is 23.6 Å². The van der Waals surface area contributed by atoms with Gasteiger partial charge in [-0.05, 0) is 38.1 Å². The van der Waals surface area contributed by atoms with E-state index in [9.17, 15) is 9.18 Å². The van der Waals surface area contributed by atoms with Gasteiger partial charge in [-0.1, -0.05) is 41.6 Å². The summed E-state index contributed by atoms with van der Waals surface area (Å²) < 4.78 is 21.2. The predicted molar refractivity (Wildman–Crippen MR) is 112 cm³/mol. The largest absolute Gasteiger partial charge is 0.481 e. The molecule has 0 aliphatic carbocycles. The normalized spacial score (nSPS) is 11.9. The minimum absolute atomic E-state index is 0.113. The molecule has 9 heteroatoms. The molecule has 29 heavy (non-hydrogen) atoms. The maximum Gasteiger partial charge on any atom is 0.234 e. The molecular formula is C20H20ClFN4O2S. The highest BCUT2D eigenvalue weighted by atomic mass is 35.5. The Bertz CT molecular complexity index is 1030. The highest BCUT2D eigenvalue weighted by Gasteiger charge is 2.19. The van der Waals surface area contributed by atoms with E-state index in [1.807, 2.05) is 19.1 Å². The SMILES string of the molecule is Cc1c(F)cccc1NC(=O)CSc1nnc([C@H](C)Oc2ccccc2Cl)n1C. The number of para-hydroxylation sites is 1. The first kappa shape index (κ1) is 21.1. The molecule has 152 valence electrons. The Balaban J connectivity index is 1.61. The van der Waals surface area contributed by atoms with Crippen LogP contribution in [0.3, 0.4) is 0 Å². The van der Waals surface area contributed by atoms with Crippen LogP contribution >= 0.6 is 23.4 Å². The number of benzene rings is 2. The lowest BCUT2D eigenvalue weighted by Crippen LogP contribution is -2.16. The molecule has 0 saturated carbocycles. The molecule has 1 atom stereocenters. The van der Waals surface area contributed by atoms with Gasteiger partial charge in [-0.15, -0.1) is 10.2 Å². The van der Waals surface area contributed by atoms with Crippen molar-refractivity contribution in [3.05, 3.63) is 64.7 Å². The van der Waals surface area contributed by atoms with Crippen LogP contribution < -0.4 is 10.1 Å². The minimum atomic E-state index is -0.384. The van der Waals surface area contributed by atoms with Crippen LogP contribution in [0.2, 0.25) is 5.02 Å². The lowest BCUT2D eigenvalue weighted by atomic mass is 10.2. The number of nitrogens with zero attached hydrogens (tertiary/aromatic N) is 3. The van der Waals surface area contributed by atoms with Gasteiger partial charge in [0, 0.05) is 18.3 Å². The molecule has 1 amide bonds. The number of amides is 1. The second-order valence-corrected chi connectivity index (χ2v) is 7.69. The Morgan fingerprint density at radius 2 is 2.03 bits per heavy atom. The Labute approximate surface area is 177 Å². The van der Waals surface area contributed by atoms with E-state index in [2.05, 4.69) is 15.5 Å². The predicted octanol–water partition coefficient (Wildman–Crippen LogP) is 4.79. The zero-order valence-corrected chi connectivity index (χ0v) is 17.7. The van der Waals surface area contributed by atoms with Gasteiger partial charge < -0.3 is 14.6 Å². The van der Waals surface area contributed by atoms with E-state index < -0.39 is 0 Å². The van der Waals surface area contributed by atoms with E-state index in [1.54, 1.807) is 42.8 Å². The number of anilines is 1. The molecule has 3 aromatic rings. The zero-order chi connectivity index (χ0) is 21.0. The van der Waals surface area contributed by atoms with E-state index in [4.69, 9.17) is 16.3 Å². The number of thioether (sulfide) groups is 1. The van der Waals surface area contributed by atoms with Crippen molar-refractivity contribution in [2.24, 2.45) is 7.05 Å². The fraction of sp³-hybridized carbons (Fsp3) is 0.250. The van der Waals surface area contributed by atoms with Crippen LogP contribution in [-0.2, 0) is 11.8 Å². The summed E-state index contributed by atoms with van der Waals surface area (Å²) in [4.78, 5) is 12.2. The number of ether oxygens (including phenoxy) is 1. The van der Waals surface area contributed by atoms with Crippen molar-refractivity contribution in [2.75, 3.05) is 11.1 Å². The lowest BCUT2D eigenvalue weighted by Gasteiger charge is -2.15. The average molecular weight is 435 g/mol. The maximum atomic E-state index is 13.6. The molecule has 1 heterocycles. The van der Waals surface area contributed by atoms with Crippen molar-refractivity contribution in [3.8, 4) is 5.75 Å². The Hall–Kier alpha value is -2.58. The fourth-order valence-corrected chi connectivity index (χ4v) is 3.55. The molecule has 0 bridgehead atoms. The number of hydrogen-bond acceptors (Lipinski definition) is 5. The van der Waals surface area contributed by atoms with Crippen LogP contribution in [0.5, 0.6) is 5.75 Å². The number of rotatable bonds is 7. The van der Waals surface area contributed by atoms with Gasteiger partial charge in [-0.3, -0.25) is 4.79 Å². The molecule has 2 aromatic carbocycles. The summed E-state index contributed by atoms with van der Waals surface area (Å²) in [6, 6.07) is 11.8. The van der Waals surface area contributed by atoms with Crippen LogP contribution in [0.4, 0.5) is 10.1 Å². The third-order valence-electron chi connectivity index (χ3n) is 4.25. The topological polar surface area (TPSA) is 69.0 Å². The number of halogens is 2. The van der Waals surface area contributed by atoms with Crippen molar-refractivity contribution in [2.45, 2.75) is 25.1 Å². The number of nitrogens with one attached hydrogen (secondary N) is 1. The molecule has 0 fully saturated rings. The van der Waals surface area contributed by atoms with Crippen LogP contribution in [-0.4, -0.2) is 26.4 Å². The van der Waals surface area contributed by atoms with Crippen LogP contribution in [0, 0.1) is 12.7 Å². The van der Waals surface area contributed by atoms with E-state index >= 15 is 0 Å². The van der Waals surface area contributed by atoms with Gasteiger partial charge in [0.15, 0.2) is 17.1 Å². The van der Waals surface area contributed by atoms with Crippen LogP contribution in [0.1, 0.15) is 24.4 Å². The van der Waals surface area contributed by atoms with Gasteiger partial charge >= 0.3 is 0 Å². The first-order valence-corrected chi connectivity index (χ1v) is 10.2. The summed E-state index contributed by atoms with van der Waals surface area (Å²) in [5, 5.41) is 12.1. The van der Waals surface area contributed by atoms with Crippen molar-refractivity contribution < 1.29 is 13.9 Å². The molecule has 0 spiro atoms. The monoisotopic (exact) mass is 434 g/mol. The third-order valence-corrected chi connectivity index (χ3v) is 5.58. The van der Waals surface area contributed by atoms with Crippen molar-refractivity contribution in [1.29, 1.82) is 0 Å². The molecule has 3 rings (SSSR count). The van der Waals surface area contributed by atoms with E-state index in [0.717, 1.165) is 0 Å². The number of aromatic nitrogens is 3. The number of carbonyl (C=O) groups excluding carboxylic acids is 1. The highest BCUT2D eigenvalue weighted by Crippen LogP contribution is 2.29. The van der Waals surface area contributed by atoms with Gasteiger partial charge in [0.25, 0.3) is 0 Å². The Morgan fingerprint density at radius 3 is 2.79 bits per heavy atom. The van der Waals surface area contributed by atoms with Crippen molar-refractivity contribution >= 4 is 35.0 Å². The summed E-state index contributed by atoms with van der Waals surface area (Å²) in [7, 11) is 1.80. The summed E-state index contributed by atoms with van der Waals surface area (Å²) in [6.45, 7) is 3.47. The first-order chi connectivity index (χ1) is 13.9. The first-order valence-electron chi connectivity index (χ1n) is 8.85. The van der Waals surface area contributed by atoms with Gasteiger partial charge in [0.1, 0.15) is 11.6 Å². The summed E-state index contributed by atoms with van der Waals surface area (Å²) in [6.07, 6.45) is -0.384. The van der Waals surface area contributed by atoms with Gasteiger partial charge in [0.2, 0.25) is 5.91 Å². The molecule has 0 unspecified atom stereocenters. The summed E-state index contributed by atoms with van der Waals surface area (Å²) in [5.41, 5.74) is 0.855. The molecule has 6 nitrogen and oxygen atoms in total. The number of carbonyl (C=O) groups is 1. The minimum Gasteiger partial charge on any atom is -0.481 e. The summed E-state index contributed by atoms with van der Waals surface area (Å²) >= 11 is 7.37. The second kappa shape index (κ2) is 9.28. The van der Waals surface area contributed by atoms with Crippen LogP contribution in [0.25, 0.3) is 0 Å². The lowest BCUT2D eigenvalue weighted by molar-refractivity contribution is -0.113. The zero-order valence-electron chi connectivity index (χ0n) is 16.1. The fourth-order valence-electron chi connectivity index (χ4n) is 2.65. The Kier molecular flexibility index (Phi) is 6.76. The van der Waals surface area contributed by atoms with E-state index in [0.29, 0.717) is 33.0 Å². The second-order valence-electron chi connectivity index (χ2n) is 6.34.